The maximum atomic E-state index is 13.3. The predicted molar refractivity (Wildman–Crippen MR) is 110 cm³/mol. The quantitative estimate of drug-likeness (QED) is 0.674. The van der Waals surface area contributed by atoms with E-state index in [2.05, 4.69) is 28.9 Å². The molecule has 1 amide bonds. The van der Waals surface area contributed by atoms with Crippen molar-refractivity contribution in [3.63, 3.8) is 0 Å². The van der Waals surface area contributed by atoms with Crippen molar-refractivity contribution >= 4 is 5.91 Å². The Morgan fingerprint density at radius 1 is 1.18 bits per heavy atom. The molecule has 0 spiro atoms. The molecule has 1 aromatic rings. The number of likely N-dealkylation sites (N-methyl/N-ethyl adjacent to an activating group) is 1. The van der Waals surface area contributed by atoms with Crippen LogP contribution in [-0.2, 0) is 11.2 Å². The molecule has 152 valence electrons. The van der Waals surface area contributed by atoms with Gasteiger partial charge in [-0.25, -0.2) is 0 Å². The van der Waals surface area contributed by atoms with Gasteiger partial charge in [0.05, 0.1) is 6.42 Å². The number of benzene rings is 1. The second-order valence-electron chi connectivity index (χ2n) is 8.24. The van der Waals surface area contributed by atoms with Gasteiger partial charge in [-0.2, -0.15) is 0 Å². The second kappa shape index (κ2) is 8.99. The Hall–Kier alpha value is -2.01. The minimum atomic E-state index is 0.233. The zero-order chi connectivity index (χ0) is 19.3. The number of carbonyl (C=O) groups excluding carboxylic acids is 1. The second-order valence-corrected chi connectivity index (χ2v) is 8.24. The van der Waals surface area contributed by atoms with E-state index in [0.717, 1.165) is 56.1 Å². The van der Waals surface area contributed by atoms with Crippen LogP contribution in [0.1, 0.15) is 44.6 Å². The van der Waals surface area contributed by atoms with Crippen molar-refractivity contribution in [1.82, 2.24) is 9.80 Å². The molecule has 0 radical (unpaired) electrons. The normalized spacial score (nSPS) is 23.9. The highest BCUT2D eigenvalue weighted by Crippen LogP contribution is 2.33. The molecular weight excluding hydrogens is 352 g/mol. The predicted octanol–water partition coefficient (Wildman–Crippen LogP) is 3.63. The third kappa shape index (κ3) is 4.52. The Bertz CT molecular complexity index is 718. The van der Waals surface area contributed by atoms with E-state index in [4.69, 9.17) is 9.47 Å². The molecule has 2 atom stereocenters. The lowest BCUT2D eigenvalue weighted by Crippen LogP contribution is -2.45. The van der Waals surface area contributed by atoms with Crippen LogP contribution in [0.2, 0.25) is 0 Å². The van der Waals surface area contributed by atoms with Gasteiger partial charge in [-0.3, -0.25) is 9.69 Å². The van der Waals surface area contributed by atoms with Crippen LogP contribution in [0.25, 0.3) is 0 Å². The zero-order valence-corrected chi connectivity index (χ0v) is 16.9. The van der Waals surface area contributed by atoms with Gasteiger partial charge < -0.3 is 14.4 Å². The summed E-state index contributed by atoms with van der Waals surface area (Å²) in [5, 5.41) is 0. The summed E-state index contributed by atoms with van der Waals surface area (Å²) in [4.78, 5) is 18.0. The molecule has 3 aliphatic rings. The summed E-state index contributed by atoms with van der Waals surface area (Å²) < 4.78 is 10.9. The van der Waals surface area contributed by atoms with Gasteiger partial charge in [0.25, 0.3) is 0 Å². The molecule has 1 fully saturated rings. The van der Waals surface area contributed by atoms with Crippen LogP contribution >= 0.6 is 0 Å². The summed E-state index contributed by atoms with van der Waals surface area (Å²) in [6, 6.07) is 6.36. The molecule has 28 heavy (non-hydrogen) atoms. The first-order chi connectivity index (χ1) is 13.7. The number of hydrogen-bond acceptors (Lipinski definition) is 4. The van der Waals surface area contributed by atoms with Crippen molar-refractivity contribution < 1.29 is 14.3 Å². The average Bonchev–Trinajstić information content (AvgIpc) is 3.36. The first-order valence-electron chi connectivity index (χ1n) is 10.8. The Morgan fingerprint density at radius 3 is 2.89 bits per heavy atom. The average molecular weight is 385 g/mol. The number of likely N-dealkylation sites (tertiary alicyclic amines) is 1. The molecule has 0 aromatic heterocycles. The Morgan fingerprint density at radius 2 is 2.07 bits per heavy atom. The van der Waals surface area contributed by atoms with Gasteiger partial charge in [-0.05, 0) is 68.8 Å². The fourth-order valence-corrected chi connectivity index (χ4v) is 4.72. The minimum absolute atomic E-state index is 0.233. The topological polar surface area (TPSA) is 42.0 Å². The maximum Gasteiger partial charge on any atom is 0.231 e. The maximum absolute atomic E-state index is 13.3. The number of ether oxygens (including phenoxy) is 2. The lowest BCUT2D eigenvalue weighted by atomic mass is 9.93. The highest BCUT2D eigenvalue weighted by molar-refractivity contribution is 5.79. The third-order valence-corrected chi connectivity index (χ3v) is 6.34. The van der Waals surface area contributed by atoms with Crippen LogP contribution in [0.4, 0.5) is 0 Å². The number of carbonyl (C=O) groups is 1. The summed E-state index contributed by atoms with van der Waals surface area (Å²) in [5.41, 5.74) is 1.00. The van der Waals surface area contributed by atoms with Gasteiger partial charge in [0.2, 0.25) is 12.7 Å². The third-order valence-electron chi connectivity index (χ3n) is 6.34. The summed E-state index contributed by atoms with van der Waals surface area (Å²) in [6.45, 7) is 6.46. The van der Waals surface area contributed by atoms with Crippen LogP contribution in [0.15, 0.2) is 30.4 Å². The molecule has 1 aliphatic carbocycles. The molecule has 0 N–H and O–H groups in total. The van der Waals surface area contributed by atoms with Gasteiger partial charge in [0, 0.05) is 19.1 Å². The SMILES string of the molecule is CCN1CCCC1CN(CC1CC=CCC1)C(=O)Cc1ccc2c(c1)OCO2. The molecule has 5 nitrogen and oxygen atoms in total. The number of nitrogens with zero attached hydrogens (tertiary/aromatic N) is 2. The number of amides is 1. The fourth-order valence-electron chi connectivity index (χ4n) is 4.72. The lowest BCUT2D eigenvalue weighted by molar-refractivity contribution is -0.132. The molecule has 2 heterocycles. The first kappa shape index (κ1) is 19.3. The summed E-state index contributed by atoms with van der Waals surface area (Å²) in [6.07, 6.45) is 10.8. The molecule has 5 heteroatoms. The van der Waals surface area contributed by atoms with E-state index >= 15 is 0 Å². The monoisotopic (exact) mass is 384 g/mol. The molecule has 1 aromatic carbocycles. The van der Waals surface area contributed by atoms with Crippen LogP contribution in [0.3, 0.4) is 0 Å². The van der Waals surface area contributed by atoms with E-state index in [1.807, 2.05) is 18.2 Å². The number of allylic oxidation sites excluding steroid dienone is 2. The van der Waals surface area contributed by atoms with E-state index in [1.165, 1.54) is 19.3 Å². The van der Waals surface area contributed by atoms with Crippen molar-refractivity contribution in [2.24, 2.45) is 5.92 Å². The van der Waals surface area contributed by atoms with Crippen molar-refractivity contribution in [3.05, 3.63) is 35.9 Å². The largest absolute Gasteiger partial charge is 0.454 e. The van der Waals surface area contributed by atoms with Crippen molar-refractivity contribution in [2.75, 3.05) is 33.0 Å². The minimum Gasteiger partial charge on any atom is -0.454 e. The molecule has 1 saturated heterocycles. The van der Waals surface area contributed by atoms with Gasteiger partial charge in [0.1, 0.15) is 0 Å². The van der Waals surface area contributed by atoms with E-state index in [1.54, 1.807) is 0 Å². The van der Waals surface area contributed by atoms with Gasteiger partial charge in [0.15, 0.2) is 11.5 Å². The lowest BCUT2D eigenvalue weighted by Gasteiger charge is -2.33. The van der Waals surface area contributed by atoms with Crippen LogP contribution < -0.4 is 9.47 Å². The smallest absolute Gasteiger partial charge is 0.231 e. The zero-order valence-electron chi connectivity index (χ0n) is 16.9. The molecular formula is C23H32N2O3. The summed E-state index contributed by atoms with van der Waals surface area (Å²) in [7, 11) is 0. The van der Waals surface area contributed by atoms with Crippen LogP contribution in [-0.4, -0.2) is 54.7 Å². The van der Waals surface area contributed by atoms with Crippen molar-refractivity contribution in [2.45, 2.75) is 51.5 Å². The fraction of sp³-hybridized carbons (Fsp3) is 0.609. The van der Waals surface area contributed by atoms with E-state index < -0.39 is 0 Å². The van der Waals surface area contributed by atoms with Crippen molar-refractivity contribution in [1.29, 1.82) is 0 Å². The Balaban J connectivity index is 1.44. The van der Waals surface area contributed by atoms with Crippen molar-refractivity contribution in [3.8, 4) is 11.5 Å². The molecule has 0 saturated carbocycles. The molecule has 2 aliphatic heterocycles. The standard InChI is InChI=1S/C23H32N2O3/c1-2-24-12-6-9-20(24)16-25(15-18-7-4-3-5-8-18)23(26)14-19-10-11-21-22(13-19)28-17-27-21/h3-4,10-11,13,18,20H,2,5-9,12,14-17H2,1H3. The summed E-state index contributed by atoms with van der Waals surface area (Å²) >= 11 is 0. The molecule has 4 rings (SSSR count). The van der Waals surface area contributed by atoms with Gasteiger partial charge >= 0.3 is 0 Å². The highest BCUT2D eigenvalue weighted by Gasteiger charge is 2.28. The Kier molecular flexibility index (Phi) is 6.20. The van der Waals surface area contributed by atoms with Gasteiger partial charge in [-0.1, -0.05) is 25.1 Å². The number of fused-ring (bicyclic) bond motifs is 1. The Labute approximate surface area is 168 Å². The van der Waals surface area contributed by atoms with Gasteiger partial charge in [-0.15, -0.1) is 0 Å². The number of rotatable bonds is 7. The molecule has 2 unspecified atom stereocenters. The number of hydrogen-bond donors (Lipinski definition) is 0. The van der Waals surface area contributed by atoms with E-state index in [0.29, 0.717) is 18.4 Å². The summed E-state index contributed by atoms with van der Waals surface area (Å²) in [5.74, 6) is 2.34. The van der Waals surface area contributed by atoms with Crippen LogP contribution in [0.5, 0.6) is 11.5 Å². The molecule has 0 bridgehead atoms. The highest BCUT2D eigenvalue weighted by atomic mass is 16.7. The van der Waals surface area contributed by atoms with E-state index in [9.17, 15) is 4.79 Å². The first-order valence-corrected chi connectivity index (χ1v) is 10.8. The van der Waals surface area contributed by atoms with Crippen LogP contribution in [0, 0.1) is 5.92 Å². The van der Waals surface area contributed by atoms with E-state index in [-0.39, 0.29) is 12.7 Å².